The normalized spacial score (nSPS) is 19.6. The zero-order valence-corrected chi connectivity index (χ0v) is 8.67. The van der Waals surface area contributed by atoms with Gasteiger partial charge in [0, 0.05) is 12.2 Å². The van der Waals surface area contributed by atoms with Gasteiger partial charge >= 0.3 is 6.18 Å². The summed E-state index contributed by atoms with van der Waals surface area (Å²) >= 11 is 0. The van der Waals surface area contributed by atoms with Crippen molar-refractivity contribution in [1.82, 2.24) is 9.78 Å². The highest BCUT2D eigenvalue weighted by molar-refractivity contribution is 5.26. The highest BCUT2D eigenvalue weighted by Gasteiger charge is 2.65. The molecule has 0 saturated heterocycles. The van der Waals surface area contributed by atoms with E-state index in [-0.39, 0.29) is 24.6 Å². The third-order valence-electron chi connectivity index (χ3n) is 2.92. The standard InChI is InChI=1S/C10H13F3N2/c1-7(2)15-6-3-8(14-15)9(4-5-9)10(11,12)13/h3,6-7H,4-5H2,1-2H3. The lowest BCUT2D eigenvalue weighted by Gasteiger charge is -2.16. The van der Waals surface area contributed by atoms with Crippen molar-refractivity contribution >= 4 is 0 Å². The van der Waals surface area contributed by atoms with Crippen molar-refractivity contribution in [3.63, 3.8) is 0 Å². The Labute approximate surface area is 86.1 Å². The fourth-order valence-electron chi connectivity index (χ4n) is 1.69. The Balaban J connectivity index is 2.31. The van der Waals surface area contributed by atoms with E-state index in [1.165, 1.54) is 6.07 Å². The van der Waals surface area contributed by atoms with E-state index >= 15 is 0 Å². The summed E-state index contributed by atoms with van der Waals surface area (Å²) in [5, 5.41) is 4.01. The van der Waals surface area contributed by atoms with Crippen molar-refractivity contribution in [3.05, 3.63) is 18.0 Å². The topological polar surface area (TPSA) is 17.8 Å². The van der Waals surface area contributed by atoms with E-state index in [9.17, 15) is 13.2 Å². The van der Waals surface area contributed by atoms with Crippen molar-refractivity contribution < 1.29 is 13.2 Å². The summed E-state index contributed by atoms with van der Waals surface area (Å²) in [7, 11) is 0. The maximum absolute atomic E-state index is 12.7. The van der Waals surface area contributed by atoms with Crippen molar-refractivity contribution in [2.24, 2.45) is 0 Å². The van der Waals surface area contributed by atoms with Gasteiger partial charge in [-0.05, 0) is 32.8 Å². The maximum atomic E-state index is 12.7. The average molecular weight is 218 g/mol. The molecule has 0 radical (unpaired) electrons. The highest BCUT2D eigenvalue weighted by atomic mass is 19.4. The minimum atomic E-state index is -4.16. The second-order valence-electron chi connectivity index (χ2n) is 4.35. The number of hydrogen-bond donors (Lipinski definition) is 0. The van der Waals surface area contributed by atoms with E-state index in [1.807, 2.05) is 13.8 Å². The van der Waals surface area contributed by atoms with Gasteiger partial charge in [-0.15, -0.1) is 0 Å². The minimum Gasteiger partial charge on any atom is -0.270 e. The van der Waals surface area contributed by atoms with Crippen LogP contribution >= 0.6 is 0 Å². The van der Waals surface area contributed by atoms with Crippen LogP contribution in [0.2, 0.25) is 0 Å². The zero-order chi connectivity index (χ0) is 11.3. The van der Waals surface area contributed by atoms with E-state index in [2.05, 4.69) is 5.10 Å². The highest BCUT2D eigenvalue weighted by Crippen LogP contribution is 2.58. The van der Waals surface area contributed by atoms with Crippen LogP contribution in [0.15, 0.2) is 12.3 Å². The third kappa shape index (κ3) is 1.54. The summed E-state index contributed by atoms with van der Waals surface area (Å²) in [5.41, 5.74) is -1.48. The van der Waals surface area contributed by atoms with Crippen LogP contribution < -0.4 is 0 Å². The number of halogens is 3. The molecule has 5 heteroatoms. The molecule has 0 atom stereocenters. The van der Waals surface area contributed by atoms with Crippen LogP contribution in [0, 0.1) is 0 Å². The lowest BCUT2D eigenvalue weighted by atomic mass is 10.0. The molecule has 1 aromatic rings. The Morgan fingerprint density at radius 2 is 2.00 bits per heavy atom. The molecule has 15 heavy (non-hydrogen) atoms. The molecule has 0 bridgehead atoms. The summed E-state index contributed by atoms with van der Waals surface area (Å²) in [5.74, 6) is 0. The van der Waals surface area contributed by atoms with Gasteiger partial charge in [0.05, 0.1) is 5.69 Å². The van der Waals surface area contributed by atoms with Crippen molar-refractivity contribution in [3.8, 4) is 0 Å². The lowest BCUT2D eigenvalue weighted by Crippen LogP contribution is -2.29. The fraction of sp³-hybridized carbons (Fsp3) is 0.700. The van der Waals surface area contributed by atoms with Gasteiger partial charge in [-0.2, -0.15) is 18.3 Å². The molecule has 84 valence electrons. The van der Waals surface area contributed by atoms with Gasteiger partial charge < -0.3 is 0 Å². The third-order valence-corrected chi connectivity index (χ3v) is 2.92. The van der Waals surface area contributed by atoms with Crippen LogP contribution in [0.4, 0.5) is 13.2 Å². The Hall–Kier alpha value is -1.00. The smallest absolute Gasteiger partial charge is 0.270 e. The number of hydrogen-bond acceptors (Lipinski definition) is 1. The van der Waals surface area contributed by atoms with Gasteiger partial charge in [0.15, 0.2) is 0 Å². The predicted octanol–water partition coefficient (Wildman–Crippen LogP) is 3.06. The second-order valence-corrected chi connectivity index (χ2v) is 4.35. The number of nitrogens with zero attached hydrogens (tertiary/aromatic N) is 2. The number of aromatic nitrogens is 2. The lowest BCUT2D eigenvalue weighted by molar-refractivity contribution is -0.161. The number of alkyl halides is 3. The molecule has 1 aliphatic carbocycles. The molecular weight excluding hydrogens is 205 g/mol. The first-order valence-electron chi connectivity index (χ1n) is 4.99. The van der Waals surface area contributed by atoms with Gasteiger partial charge in [-0.25, -0.2) is 0 Å². The van der Waals surface area contributed by atoms with Crippen molar-refractivity contribution in [2.45, 2.75) is 44.3 Å². The molecule has 1 saturated carbocycles. The molecule has 0 aliphatic heterocycles. The first-order chi connectivity index (χ1) is 6.87. The first kappa shape index (κ1) is 10.5. The van der Waals surface area contributed by atoms with E-state index in [4.69, 9.17) is 0 Å². The van der Waals surface area contributed by atoms with Crippen LogP contribution in [0.25, 0.3) is 0 Å². The predicted molar refractivity (Wildman–Crippen MR) is 49.6 cm³/mol. The largest absolute Gasteiger partial charge is 0.400 e. The molecule has 1 aromatic heterocycles. The molecule has 0 unspecified atom stereocenters. The second kappa shape index (κ2) is 3.00. The molecule has 2 nitrogen and oxygen atoms in total. The summed E-state index contributed by atoms with van der Waals surface area (Å²) in [4.78, 5) is 0. The SMILES string of the molecule is CC(C)n1ccc(C2(C(F)(F)F)CC2)n1. The Bertz CT molecular complexity index is 361. The first-order valence-corrected chi connectivity index (χ1v) is 4.99. The van der Waals surface area contributed by atoms with Crippen LogP contribution in [0.3, 0.4) is 0 Å². The molecule has 0 amide bonds. The van der Waals surface area contributed by atoms with Gasteiger partial charge in [-0.3, -0.25) is 4.68 Å². The van der Waals surface area contributed by atoms with Crippen LogP contribution in [0.5, 0.6) is 0 Å². The summed E-state index contributed by atoms with van der Waals surface area (Å²) in [6.07, 6.45) is -2.20. The van der Waals surface area contributed by atoms with Crippen molar-refractivity contribution in [2.75, 3.05) is 0 Å². The van der Waals surface area contributed by atoms with Gasteiger partial charge in [-0.1, -0.05) is 0 Å². The monoisotopic (exact) mass is 218 g/mol. The molecule has 1 heterocycles. The summed E-state index contributed by atoms with van der Waals surface area (Å²) in [6, 6.07) is 1.59. The van der Waals surface area contributed by atoms with Crippen LogP contribution in [-0.2, 0) is 5.41 Å². The molecular formula is C10H13F3N2. The summed E-state index contributed by atoms with van der Waals surface area (Å²) < 4.78 is 39.8. The quantitative estimate of drug-likeness (QED) is 0.746. The van der Waals surface area contributed by atoms with Gasteiger partial charge in [0.2, 0.25) is 0 Å². The Kier molecular flexibility index (Phi) is 2.10. The maximum Gasteiger partial charge on any atom is 0.400 e. The Morgan fingerprint density at radius 1 is 1.40 bits per heavy atom. The molecule has 0 aromatic carbocycles. The van der Waals surface area contributed by atoms with Gasteiger partial charge in [0.1, 0.15) is 5.41 Å². The van der Waals surface area contributed by atoms with E-state index in [0.29, 0.717) is 0 Å². The Morgan fingerprint density at radius 3 is 2.33 bits per heavy atom. The fourth-order valence-corrected chi connectivity index (χ4v) is 1.69. The average Bonchev–Trinajstić information content (AvgIpc) is 2.77. The molecule has 1 fully saturated rings. The van der Waals surface area contributed by atoms with Gasteiger partial charge in [0.25, 0.3) is 0 Å². The molecule has 2 rings (SSSR count). The summed E-state index contributed by atoms with van der Waals surface area (Å²) in [6.45, 7) is 3.79. The van der Waals surface area contributed by atoms with E-state index in [1.54, 1.807) is 10.9 Å². The van der Waals surface area contributed by atoms with E-state index in [0.717, 1.165) is 0 Å². The van der Waals surface area contributed by atoms with E-state index < -0.39 is 11.6 Å². The minimum absolute atomic E-state index is 0.0998. The van der Waals surface area contributed by atoms with Crippen LogP contribution in [-0.4, -0.2) is 16.0 Å². The zero-order valence-electron chi connectivity index (χ0n) is 8.67. The molecule has 0 N–H and O–H groups in total. The van der Waals surface area contributed by atoms with Crippen molar-refractivity contribution in [1.29, 1.82) is 0 Å². The number of rotatable bonds is 2. The molecule has 1 aliphatic rings. The van der Waals surface area contributed by atoms with Crippen LogP contribution in [0.1, 0.15) is 38.4 Å². The molecule has 0 spiro atoms.